The smallest absolute Gasteiger partial charge is 0.338 e. The molecule has 0 aromatic heterocycles. The van der Waals surface area contributed by atoms with Gasteiger partial charge in [0.1, 0.15) is 6.61 Å². The highest BCUT2D eigenvalue weighted by molar-refractivity contribution is 5.92. The molecule has 29 heavy (non-hydrogen) atoms. The van der Waals surface area contributed by atoms with E-state index in [4.69, 9.17) is 14.2 Å². The van der Waals surface area contributed by atoms with E-state index in [-0.39, 0.29) is 6.61 Å². The molecule has 2 N–H and O–H groups in total. The number of carbonyl (C=O) groups excluding carboxylic acids is 3. The number of hydrazine groups is 1. The molecule has 0 bridgehead atoms. The van der Waals surface area contributed by atoms with E-state index < -0.39 is 30.5 Å². The van der Waals surface area contributed by atoms with Crippen LogP contribution in [0.5, 0.6) is 11.5 Å². The fraction of sp³-hybridized carbons (Fsp3) is 0.286. The molecule has 0 radical (unpaired) electrons. The number of fused-ring (bicyclic) bond motifs is 2. The molecule has 0 saturated heterocycles. The number of ether oxygens (including phenoxy) is 3. The summed E-state index contributed by atoms with van der Waals surface area (Å²) >= 11 is 0. The van der Waals surface area contributed by atoms with Crippen LogP contribution in [0.2, 0.25) is 0 Å². The number of rotatable bonds is 4. The lowest BCUT2D eigenvalue weighted by atomic mass is 10.1. The van der Waals surface area contributed by atoms with Gasteiger partial charge in [-0.15, -0.1) is 0 Å². The highest BCUT2D eigenvalue weighted by Crippen LogP contribution is 2.30. The Bertz CT molecular complexity index is 958. The van der Waals surface area contributed by atoms with Crippen molar-refractivity contribution in [1.29, 1.82) is 0 Å². The largest absolute Gasteiger partial charge is 0.485 e. The molecular formula is C21H20N2O6. The van der Waals surface area contributed by atoms with Gasteiger partial charge in [0.25, 0.3) is 11.8 Å². The second-order valence-electron chi connectivity index (χ2n) is 6.81. The molecule has 2 aromatic carbocycles. The van der Waals surface area contributed by atoms with Gasteiger partial charge in [-0.05, 0) is 54.7 Å². The zero-order chi connectivity index (χ0) is 20.2. The normalized spacial score (nSPS) is 16.5. The summed E-state index contributed by atoms with van der Waals surface area (Å²) in [5.41, 5.74) is 7.25. The number of carbonyl (C=O) groups is 3. The molecule has 1 aliphatic carbocycles. The number of esters is 1. The first-order valence-electron chi connectivity index (χ1n) is 9.36. The van der Waals surface area contributed by atoms with E-state index in [0.717, 1.165) is 24.8 Å². The molecular weight excluding hydrogens is 376 g/mol. The minimum absolute atomic E-state index is 0.0199. The average molecular weight is 396 g/mol. The second-order valence-corrected chi connectivity index (χ2v) is 6.81. The number of hydrogen-bond acceptors (Lipinski definition) is 6. The standard InChI is InChI=1S/C21H20N2O6/c24-19(12-28-21(26)15-9-8-13-4-3-5-14(13)10-15)22-23-20(25)18-11-27-16-6-1-2-7-17(16)29-18/h1-2,6-10,18H,3-5,11-12H2,(H,22,24)(H,23,25)/t18-/m0/s1. The molecule has 0 saturated carbocycles. The van der Waals surface area contributed by atoms with Gasteiger partial charge in [-0.25, -0.2) is 4.79 Å². The summed E-state index contributed by atoms with van der Waals surface area (Å²) in [6.45, 7) is -0.493. The van der Waals surface area contributed by atoms with Crippen LogP contribution in [-0.4, -0.2) is 37.1 Å². The van der Waals surface area contributed by atoms with Gasteiger partial charge >= 0.3 is 5.97 Å². The van der Waals surface area contributed by atoms with Gasteiger partial charge in [-0.2, -0.15) is 0 Å². The van der Waals surface area contributed by atoms with Gasteiger partial charge in [0.2, 0.25) is 6.10 Å². The summed E-state index contributed by atoms with van der Waals surface area (Å²) in [5.74, 6) is -0.808. The molecule has 0 fully saturated rings. The van der Waals surface area contributed by atoms with Crippen LogP contribution in [0.25, 0.3) is 0 Å². The van der Waals surface area contributed by atoms with Crippen molar-refractivity contribution in [2.75, 3.05) is 13.2 Å². The lowest BCUT2D eigenvalue weighted by molar-refractivity contribution is -0.135. The van der Waals surface area contributed by atoms with Crippen LogP contribution in [0.4, 0.5) is 0 Å². The first kappa shape index (κ1) is 18.8. The quantitative estimate of drug-likeness (QED) is 0.597. The van der Waals surface area contributed by atoms with E-state index in [2.05, 4.69) is 10.9 Å². The molecule has 2 amide bonds. The van der Waals surface area contributed by atoms with Crippen molar-refractivity contribution in [3.63, 3.8) is 0 Å². The Morgan fingerprint density at radius 3 is 2.66 bits per heavy atom. The Morgan fingerprint density at radius 2 is 1.79 bits per heavy atom. The molecule has 1 aliphatic heterocycles. The fourth-order valence-electron chi connectivity index (χ4n) is 3.31. The summed E-state index contributed by atoms with van der Waals surface area (Å²) in [4.78, 5) is 36.1. The van der Waals surface area contributed by atoms with Crippen LogP contribution >= 0.6 is 0 Å². The van der Waals surface area contributed by atoms with Gasteiger partial charge < -0.3 is 14.2 Å². The van der Waals surface area contributed by atoms with Gasteiger partial charge in [0.15, 0.2) is 18.1 Å². The summed E-state index contributed by atoms with van der Waals surface area (Å²) in [6, 6.07) is 12.4. The number of para-hydroxylation sites is 2. The van der Waals surface area contributed by atoms with Crippen LogP contribution in [0.3, 0.4) is 0 Å². The molecule has 4 rings (SSSR count). The second kappa shape index (κ2) is 8.22. The summed E-state index contributed by atoms with van der Waals surface area (Å²) in [7, 11) is 0. The van der Waals surface area contributed by atoms with Gasteiger partial charge in [-0.3, -0.25) is 20.4 Å². The zero-order valence-electron chi connectivity index (χ0n) is 15.6. The van der Waals surface area contributed by atoms with Crippen LogP contribution in [0, 0.1) is 0 Å². The molecule has 2 aromatic rings. The van der Waals surface area contributed by atoms with Gasteiger partial charge in [0.05, 0.1) is 5.56 Å². The molecule has 1 heterocycles. The lowest BCUT2D eigenvalue weighted by Crippen LogP contribution is -2.51. The molecule has 8 nitrogen and oxygen atoms in total. The summed E-state index contributed by atoms with van der Waals surface area (Å²) in [5, 5.41) is 0. The van der Waals surface area contributed by atoms with Crippen LogP contribution < -0.4 is 20.3 Å². The topological polar surface area (TPSA) is 103 Å². The van der Waals surface area contributed by atoms with E-state index in [9.17, 15) is 14.4 Å². The highest BCUT2D eigenvalue weighted by Gasteiger charge is 2.27. The minimum Gasteiger partial charge on any atom is -0.485 e. The van der Waals surface area contributed by atoms with Crippen molar-refractivity contribution in [2.45, 2.75) is 25.4 Å². The molecule has 150 valence electrons. The fourth-order valence-corrected chi connectivity index (χ4v) is 3.31. The van der Waals surface area contributed by atoms with Crippen molar-refractivity contribution in [1.82, 2.24) is 10.9 Å². The maximum atomic E-state index is 12.1. The molecule has 0 unspecified atom stereocenters. The van der Waals surface area contributed by atoms with E-state index in [0.29, 0.717) is 17.1 Å². The lowest BCUT2D eigenvalue weighted by Gasteiger charge is -2.25. The third kappa shape index (κ3) is 4.31. The third-order valence-electron chi connectivity index (χ3n) is 4.79. The van der Waals surface area contributed by atoms with Crippen molar-refractivity contribution < 1.29 is 28.6 Å². The van der Waals surface area contributed by atoms with Gasteiger partial charge in [-0.1, -0.05) is 18.2 Å². The molecule has 1 atom stereocenters. The van der Waals surface area contributed by atoms with E-state index in [1.54, 1.807) is 30.3 Å². The predicted molar refractivity (Wildman–Crippen MR) is 101 cm³/mol. The predicted octanol–water partition coefficient (Wildman–Crippen LogP) is 1.32. The van der Waals surface area contributed by atoms with Crippen molar-refractivity contribution in [2.24, 2.45) is 0 Å². The van der Waals surface area contributed by atoms with Gasteiger partial charge in [0, 0.05) is 0 Å². The minimum atomic E-state index is -0.904. The maximum Gasteiger partial charge on any atom is 0.338 e. The highest BCUT2D eigenvalue weighted by atomic mass is 16.6. The Balaban J connectivity index is 1.22. The summed E-state index contributed by atoms with van der Waals surface area (Å²) in [6.07, 6.45) is 2.14. The average Bonchev–Trinajstić information content (AvgIpc) is 3.23. The molecule has 8 heteroatoms. The Hall–Kier alpha value is -3.55. The van der Waals surface area contributed by atoms with Crippen LogP contribution in [0.15, 0.2) is 42.5 Å². The molecule has 0 spiro atoms. The van der Waals surface area contributed by atoms with Crippen LogP contribution in [-0.2, 0) is 27.2 Å². The number of amides is 2. The van der Waals surface area contributed by atoms with E-state index in [1.807, 2.05) is 12.1 Å². The van der Waals surface area contributed by atoms with Crippen molar-refractivity contribution in [3.05, 3.63) is 59.2 Å². The van der Waals surface area contributed by atoms with E-state index in [1.165, 1.54) is 5.56 Å². The van der Waals surface area contributed by atoms with Crippen molar-refractivity contribution >= 4 is 17.8 Å². The van der Waals surface area contributed by atoms with Crippen molar-refractivity contribution in [3.8, 4) is 11.5 Å². The van der Waals surface area contributed by atoms with Crippen LogP contribution in [0.1, 0.15) is 27.9 Å². The van der Waals surface area contributed by atoms with E-state index >= 15 is 0 Å². The maximum absolute atomic E-state index is 12.1. The number of nitrogens with one attached hydrogen (secondary N) is 2. The number of aryl methyl sites for hydroxylation is 2. The summed E-state index contributed by atoms with van der Waals surface area (Å²) < 4.78 is 16.0. The monoisotopic (exact) mass is 396 g/mol. The Morgan fingerprint density at radius 1 is 1.00 bits per heavy atom. The number of benzene rings is 2. The Kier molecular flexibility index (Phi) is 5.33. The number of hydrogen-bond donors (Lipinski definition) is 2. The SMILES string of the molecule is O=C(COC(=O)c1ccc2c(c1)CCC2)NNC(=O)[C@@H]1COc2ccccc2O1. The first-order chi connectivity index (χ1) is 14.1. The zero-order valence-corrected chi connectivity index (χ0v) is 15.6. The molecule has 2 aliphatic rings. The third-order valence-corrected chi connectivity index (χ3v) is 4.79. The Labute approximate surface area is 167 Å². The first-order valence-corrected chi connectivity index (χ1v) is 9.36.